The predicted molar refractivity (Wildman–Crippen MR) is 28.6 cm³/mol. The Morgan fingerprint density at radius 3 is 2.44 bits per heavy atom. The Bertz CT molecular complexity index is 204. The smallest absolute Gasteiger partial charge is 0.184 e. The highest BCUT2D eigenvalue weighted by Gasteiger charge is 2.02. The van der Waals surface area contributed by atoms with Crippen molar-refractivity contribution >= 4 is 5.69 Å². The molecule has 0 saturated carbocycles. The minimum Gasteiger partial charge on any atom is -0.395 e. The number of hydrogen-bond acceptors (Lipinski definition) is 2. The van der Waals surface area contributed by atoms with Crippen molar-refractivity contribution in [1.82, 2.24) is 4.98 Å². The monoisotopic (exact) mass is 130 g/mol. The molecule has 0 unspecified atom stereocenters. The van der Waals surface area contributed by atoms with E-state index in [2.05, 4.69) is 4.98 Å². The molecular formula is C5H4F2N2. The van der Waals surface area contributed by atoms with E-state index in [9.17, 15) is 8.78 Å². The molecule has 1 rings (SSSR count). The van der Waals surface area contributed by atoms with E-state index in [1.54, 1.807) is 0 Å². The summed E-state index contributed by atoms with van der Waals surface area (Å²) in [6.07, 6.45) is 1.82. The van der Waals surface area contributed by atoms with E-state index < -0.39 is 11.6 Å². The maximum atomic E-state index is 12.2. The average Bonchev–Trinajstić information content (AvgIpc) is 1.83. The lowest BCUT2D eigenvalue weighted by Gasteiger charge is -1.92. The third kappa shape index (κ3) is 0.960. The van der Waals surface area contributed by atoms with Crippen molar-refractivity contribution in [3.8, 4) is 0 Å². The summed E-state index contributed by atoms with van der Waals surface area (Å²) in [5, 5.41) is 0. The Balaban J connectivity index is 3.25. The molecule has 2 N–H and O–H groups in total. The fourth-order valence-electron chi connectivity index (χ4n) is 0.434. The third-order valence-corrected chi connectivity index (χ3v) is 0.865. The number of aromatic nitrogens is 1. The zero-order valence-corrected chi connectivity index (χ0v) is 4.44. The molecule has 4 heteroatoms. The van der Waals surface area contributed by atoms with Gasteiger partial charge in [0.05, 0.1) is 18.1 Å². The number of hydrogen-bond donors (Lipinski definition) is 1. The summed E-state index contributed by atoms with van der Waals surface area (Å²) in [4.78, 5) is 3.30. The standard InChI is InChI=1S/C5H4F2N2/c6-3-1-9-2-4(8)5(3)7/h1-2H,8H2. The second kappa shape index (κ2) is 1.97. The molecule has 0 aromatic carbocycles. The predicted octanol–water partition coefficient (Wildman–Crippen LogP) is 0.942. The van der Waals surface area contributed by atoms with Gasteiger partial charge in [0.15, 0.2) is 11.6 Å². The minimum atomic E-state index is -1.04. The normalized spacial score (nSPS) is 9.56. The summed E-state index contributed by atoms with van der Waals surface area (Å²) in [7, 11) is 0. The summed E-state index contributed by atoms with van der Waals surface area (Å²) in [6, 6.07) is 0. The SMILES string of the molecule is Nc1cncc(F)c1F. The first kappa shape index (κ1) is 5.94. The van der Waals surface area contributed by atoms with Crippen LogP contribution in [0.5, 0.6) is 0 Å². The molecule has 0 saturated heterocycles. The Kier molecular flexibility index (Phi) is 1.30. The maximum Gasteiger partial charge on any atom is 0.184 e. The zero-order valence-electron chi connectivity index (χ0n) is 4.44. The first-order valence-corrected chi connectivity index (χ1v) is 2.26. The molecule has 1 aromatic rings. The van der Waals surface area contributed by atoms with Gasteiger partial charge < -0.3 is 5.73 Å². The summed E-state index contributed by atoms with van der Waals surface area (Å²) in [5.74, 6) is -2.06. The molecule has 2 nitrogen and oxygen atoms in total. The number of rotatable bonds is 0. The first-order chi connectivity index (χ1) is 4.22. The zero-order chi connectivity index (χ0) is 6.85. The van der Waals surface area contributed by atoms with E-state index in [-0.39, 0.29) is 5.69 Å². The molecule has 9 heavy (non-hydrogen) atoms. The van der Waals surface area contributed by atoms with Crippen LogP contribution in [-0.4, -0.2) is 4.98 Å². The Morgan fingerprint density at radius 1 is 1.33 bits per heavy atom. The van der Waals surface area contributed by atoms with Crippen LogP contribution >= 0.6 is 0 Å². The van der Waals surface area contributed by atoms with E-state index in [4.69, 9.17) is 5.73 Å². The van der Waals surface area contributed by atoms with Crippen LogP contribution in [0.1, 0.15) is 0 Å². The first-order valence-electron chi connectivity index (χ1n) is 2.26. The number of nitrogens with two attached hydrogens (primary N) is 1. The van der Waals surface area contributed by atoms with E-state index in [1.165, 1.54) is 0 Å². The quantitative estimate of drug-likeness (QED) is 0.567. The lowest BCUT2D eigenvalue weighted by atomic mass is 10.4. The summed E-state index contributed by atoms with van der Waals surface area (Å²) in [6.45, 7) is 0. The third-order valence-electron chi connectivity index (χ3n) is 0.865. The van der Waals surface area contributed by atoms with Gasteiger partial charge in [0.2, 0.25) is 0 Å². The van der Waals surface area contributed by atoms with Gasteiger partial charge in [-0.25, -0.2) is 8.78 Å². The number of pyridine rings is 1. The fraction of sp³-hybridized carbons (Fsp3) is 0. The van der Waals surface area contributed by atoms with Gasteiger partial charge in [0, 0.05) is 0 Å². The second-order valence-electron chi connectivity index (χ2n) is 1.52. The molecular weight excluding hydrogens is 126 g/mol. The molecule has 0 atom stereocenters. The van der Waals surface area contributed by atoms with Gasteiger partial charge in [-0.15, -0.1) is 0 Å². The van der Waals surface area contributed by atoms with Crippen LogP contribution in [-0.2, 0) is 0 Å². The van der Waals surface area contributed by atoms with Crippen molar-refractivity contribution in [2.75, 3.05) is 5.73 Å². The van der Waals surface area contributed by atoms with Gasteiger partial charge in [-0.3, -0.25) is 4.98 Å². The van der Waals surface area contributed by atoms with Crippen LogP contribution in [0.15, 0.2) is 12.4 Å². The van der Waals surface area contributed by atoms with E-state index >= 15 is 0 Å². The van der Waals surface area contributed by atoms with E-state index in [1.807, 2.05) is 0 Å². The van der Waals surface area contributed by atoms with Gasteiger partial charge >= 0.3 is 0 Å². The molecule has 0 radical (unpaired) electrons. The Hall–Kier alpha value is -1.19. The summed E-state index contributed by atoms with van der Waals surface area (Å²) >= 11 is 0. The molecule has 0 spiro atoms. The van der Waals surface area contributed by atoms with Gasteiger partial charge in [-0.05, 0) is 0 Å². The van der Waals surface area contributed by atoms with Gasteiger partial charge in [0.25, 0.3) is 0 Å². The van der Waals surface area contributed by atoms with Crippen molar-refractivity contribution in [3.63, 3.8) is 0 Å². The van der Waals surface area contributed by atoms with Gasteiger partial charge in [0.1, 0.15) is 0 Å². The summed E-state index contributed by atoms with van der Waals surface area (Å²) < 4.78 is 24.3. The molecule has 48 valence electrons. The average molecular weight is 130 g/mol. The van der Waals surface area contributed by atoms with Crippen molar-refractivity contribution in [2.24, 2.45) is 0 Å². The van der Waals surface area contributed by atoms with Crippen molar-refractivity contribution in [2.45, 2.75) is 0 Å². The van der Waals surface area contributed by atoms with Crippen LogP contribution in [0.2, 0.25) is 0 Å². The van der Waals surface area contributed by atoms with Crippen molar-refractivity contribution < 1.29 is 8.78 Å². The molecule has 0 aliphatic heterocycles. The Morgan fingerprint density at radius 2 is 2.00 bits per heavy atom. The largest absolute Gasteiger partial charge is 0.395 e. The number of anilines is 1. The van der Waals surface area contributed by atoms with Crippen LogP contribution in [0.4, 0.5) is 14.5 Å². The Labute approximate surface area is 50.3 Å². The van der Waals surface area contributed by atoms with Crippen LogP contribution in [0.3, 0.4) is 0 Å². The molecule has 1 aromatic heterocycles. The lowest BCUT2D eigenvalue weighted by molar-refractivity contribution is 0.507. The topological polar surface area (TPSA) is 38.9 Å². The van der Waals surface area contributed by atoms with Crippen LogP contribution in [0, 0.1) is 11.6 Å². The van der Waals surface area contributed by atoms with E-state index in [0.717, 1.165) is 12.4 Å². The fourth-order valence-corrected chi connectivity index (χ4v) is 0.434. The molecule has 0 fully saturated rings. The summed E-state index contributed by atoms with van der Waals surface area (Å²) in [5.41, 5.74) is 4.67. The lowest BCUT2D eigenvalue weighted by Crippen LogP contribution is -1.94. The highest BCUT2D eigenvalue weighted by molar-refractivity contribution is 5.35. The highest BCUT2D eigenvalue weighted by Crippen LogP contribution is 2.09. The second-order valence-corrected chi connectivity index (χ2v) is 1.52. The molecule has 0 aliphatic rings. The highest BCUT2D eigenvalue weighted by atomic mass is 19.2. The molecule has 0 bridgehead atoms. The minimum absolute atomic E-state index is 0.269. The van der Waals surface area contributed by atoms with Gasteiger partial charge in [-0.1, -0.05) is 0 Å². The molecule has 0 amide bonds. The van der Waals surface area contributed by atoms with Gasteiger partial charge in [-0.2, -0.15) is 0 Å². The van der Waals surface area contributed by atoms with Crippen molar-refractivity contribution in [1.29, 1.82) is 0 Å². The van der Waals surface area contributed by atoms with Crippen molar-refractivity contribution in [3.05, 3.63) is 24.0 Å². The number of halogens is 2. The van der Waals surface area contributed by atoms with Crippen LogP contribution < -0.4 is 5.73 Å². The molecule has 0 aliphatic carbocycles. The van der Waals surface area contributed by atoms with E-state index in [0.29, 0.717) is 0 Å². The number of nitrogen functional groups attached to an aromatic ring is 1. The van der Waals surface area contributed by atoms with Crippen LogP contribution in [0.25, 0.3) is 0 Å². The maximum absolute atomic E-state index is 12.2. The number of nitrogens with zero attached hydrogens (tertiary/aromatic N) is 1. The molecule has 1 heterocycles.